The number of benzene rings is 1. The van der Waals surface area contributed by atoms with Crippen LogP contribution in [0.2, 0.25) is 0 Å². The fraction of sp³-hybridized carbons (Fsp3) is 0.154. The first-order chi connectivity index (χ1) is 9.85. The molecule has 21 heavy (non-hydrogen) atoms. The minimum atomic E-state index is -1.02. The van der Waals surface area contributed by atoms with E-state index >= 15 is 0 Å². The van der Waals surface area contributed by atoms with E-state index in [0.29, 0.717) is 11.8 Å². The molecule has 7 nitrogen and oxygen atoms in total. The lowest BCUT2D eigenvalue weighted by Crippen LogP contribution is -2.10. The van der Waals surface area contributed by atoms with E-state index in [1.807, 2.05) is 6.07 Å². The molecular formula is C13H9FN4O3. The number of rotatable bonds is 3. The van der Waals surface area contributed by atoms with Crippen LogP contribution in [0.4, 0.5) is 10.1 Å². The van der Waals surface area contributed by atoms with Gasteiger partial charge in [-0.3, -0.25) is 14.9 Å². The second kappa shape index (κ2) is 5.13. The molecule has 0 radical (unpaired) electrons. The summed E-state index contributed by atoms with van der Waals surface area (Å²) in [5, 5.41) is 23.9. The molecule has 0 saturated carbocycles. The van der Waals surface area contributed by atoms with E-state index in [-0.39, 0.29) is 16.9 Å². The number of aryl methyl sites for hydroxylation is 1. The average molecular weight is 288 g/mol. The summed E-state index contributed by atoms with van der Waals surface area (Å²) in [4.78, 5) is 21.7. The first kappa shape index (κ1) is 14.3. The van der Waals surface area contributed by atoms with Gasteiger partial charge in [0.1, 0.15) is 17.6 Å². The van der Waals surface area contributed by atoms with Crippen molar-refractivity contribution in [1.82, 2.24) is 9.78 Å². The molecule has 8 heteroatoms. The normalized spacial score (nSPS) is 10.2. The molecule has 0 bridgehead atoms. The number of Topliss-reactive ketones (excluding diaryl/α,β-unsaturated/α-hetero) is 1. The van der Waals surface area contributed by atoms with E-state index in [1.54, 1.807) is 6.92 Å². The third-order valence-corrected chi connectivity index (χ3v) is 2.79. The SMILES string of the molecule is CC(=O)c1c(F)cc([N+](=O)[O-])cc1-n1nc(C)cc1C#N. The molecule has 0 unspecified atom stereocenters. The minimum absolute atomic E-state index is 0.0508. The van der Waals surface area contributed by atoms with Crippen molar-refractivity contribution in [2.24, 2.45) is 0 Å². The summed E-state index contributed by atoms with van der Waals surface area (Å²) in [6.07, 6.45) is 0. The van der Waals surface area contributed by atoms with Gasteiger partial charge in [-0.05, 0) is 19.9 Å². The van der Waals surface area contributed by atoms with E-state index in [1.165, 1.54) is 6.07 Å². The summed E-state index contributed by atoms with van der Waals surface area (Å²) in [5.74, 6) is -1.64. The van der Waals surface area contributed by atoms with Crippen LogP contribution in [-0.4, -0.2) is 20.5 Å². The van der Waals surface area contributed by atoms with Gasteiger partial charge >= 0.3 is 0 Å². The number of ketones is 1. The Bertz CT molecular complexity index is 804. The maximum absolute atomic E-state index is 14.0. The summed E-state index contributed by atoms with van der Waals surface area (Å²) in [5.41, 5.74) is -0.480. The molecule has 1 heterocycles. The Morgan fingerprint density at radius 3 is 2.67 bits per heavy atom. The third kappa shape index (κ3) is 2.49. The molecule has 1 aromatic carbocycles. The quantitative estimate of drug-likeness (QED) is 0.490. The number of carbonyl (C=O) groups excluding carboxylic acids is 1. The summed E-state index contributed by atoms with van der Waals surface area (Å²) < 4.78 is 15.0. The van der Waals surface area contributed by atoms with Crippen molar-refractivity contribution in [3.8, 4) is 11.8 Å². The number of nitriles is 1. The summed E-state index contributed by atoms with van der Waals surface area (Å²) in [6.45, 7) is 2.74. The molecule has 0 amide bonds. The van der Waals surface area contributed by atoms with Gasteiger partial charge < -0.3 is 0 Å². The molecule has 0 atom stereocenters. The van der Waals surface area contributed by atoms with E-state index in [9.17, 15) is 19.3 Å². The zero-order valence-corrected chi connectivity index (χ0v) is 11.1. The van der Waals surface area contributed by atoms with E-state index in [2.05, 4.69) is 5.10 Å². The highest BCUT2D eigenvalue weighted by molar-refractivity contribution is 5.98. The molecule has 0 aliphatic rings. The Labute approximate surface area is 118 Å². The Kier molecular flexibility index (Phi) is 3.50. The van der Waals surface area contributed by atoms with Crippen molar-refractivity contribution in [2.75, 3.05) is 0 Å². The lowest BCUT2D eigenvalue weighted by atomic mass is 10.1. The number of hydrogen-bond acceptors (Lipinski definition) is 5. The van der Waals surface area contributed by atoms with Gasteiger partial charge in [0.25, 0.3) is 5.69 Å². The van der Waals surface area contributed by atoms with Crippen LogP contribution in [0, 0.1) is 34.2 Å². The number of non-ortho nitro benzene ring substituents is 1. The van der Waals surface area contributed by atoms with E-state index in [0.717, 1.165) is 17.7 Å². The van der Waals surface area contributed by atoms with Gasteiger partial charge in [-0.1, -0.05) is 0 Å². The lowest BCUT2D eigenvalue weighted by Gasteiger charge is -2.09. The fourth-order valence-electron chi connectivity index (χ4n) is 1.96. The van der Waals surface area contributed by atoms with Gasteiger partial charge in [0, 0.05) is 6.07 Å². The number of carbonyl (C=O) groups is 1. The van der Waals surface area contributed by atoms with Gasteiger partial charge in [0.2, 0.25) is 0 Å². The molecule has 2 rings (SSSR count). The van der Waals surface area contributed by atoms with E-state index in [4.69, 9.17) is 5.26 Å². The Hall–Kier alpha value is -3.08. The first-order valence-corrected chi connectivity index (χ1v) is 5.81. The largest absolute Gasteiger partial charge is 0.294 e. The van der Waals surface area contributed by atoms with Crippen molar-refractivity contribution < 1.29 is 14.1 Å². The number of halogens is 1. The van der Waals surface area contributed by atoms with Crippen LogP contribution >= 0.6 is 0 Å². The van der Waals surface area contributed by atoms with Gasteiger partial charge in [-0.2, -0.15) is 10.4 Å². The Morgan fingerprint density at radius 1 is 1.48 bits per heavy atom. The van der Waals surface area contributed by atoms with Gasteiger partial charge in [0.05, 0.1) is 27.9 Å². The summed E-state index contributed by atoms with van der Waals surface area (Å²) in [6, 6.07) is 4.97. The molecule has 0 fully saturated rings. The van der Waals surface area contributed by atoms with Gasteiger partial charge in [-0.15, -0.1) is 0 Å². The average Bonchev–Trinajstić information content (AvgIpc) is 2.78. The predicted octanol–water partition coefficient (Wildman–Crippen LogP) is 2.30. The standard InChI is InChI=1S/C13H9FN4O3/c1-7-3-10(6-15)17(16-7)12-5-9(18(20)21)4-11(14)13(12)8(2)19/h3-5H,1-2H3. The molecule has 0 saturated heterocycles. The molecule has 2 aromatic rings. The highest BCUT2D eigenvalue weighted by atomic mass is 19.1. The van der Waals surface area contributed by atoms with Gasteiger partial charge in [-0.25, -0.2) is 9.07 Å². The molecule has 106 valence electrons. The van der Waals surface area contributed by atoms with E-state index < -0.39 is 22.2 Å². The summed E-state index contributed by atoms with van der Waals surface area (Å²) in [7, 11) is 0. The van der Waals surface area contributed by atoms with Crippen LogP contribution in [0.5, 0.6) is 0 Å². The van der Waals surface area contributed by atoms with Gasteiger partial charge in [0.15, 0.2) is 5.78 Å². The molecule has 0 aliphatic heterocycles. The van der Waals surface area contributed by atoms with Crippen molar-refractivity contribution in [3.63, 3.8) is 0 Å². The van der Waals surface area contributed by atoms with Crippen LogP contribution < -0.4 is 0 Å². The van der Waals surface area contributed by atoms with Crippen molar-refractivity contribution in [1.29, 1.82) is 5.26 Å². The lowest BCUT2D eigenvalue weighted by molar-refractivity contribution is -0.385. The third-order valence-electron chi connectivity index (χ3n) is 2.79. The van der Waals surface area contributed by atoms with Crippen molar-refractivity contribution in [3.05, 3.63) is 51.1 Å². The maximum atomic E-state index is 14.0. The number of nitro benzene ring substituents is 1. The Balaban J connectivity index is 2.85. The van der Waals surface area contributed by atoms with Crippen LogP contribution in [0.25, 0.3) is 5.69 Å². The minimum Gasteiger partial charge on any atom is -0.294 e. The zero-order chi connectivity index (χ0) is 15.7. The molecule has 0 N–H and O–H groups in total. The van der Waals surface area contributed by atoms with Crippen molar-refractivity contribution >= 4 is 11.5 Å². The van der Waals surface area contributed by atoms with Crippen LogP contribution in [0.3, 0.4) is 0 Å². The molecular weight excluding hydrogens is 279 g/mol. The van der Waals surface area contributed by atoms with Crippen molar-refractivity contribution in [2.45, 2.75) is 13.8 Å². The Morgan fingerprint density at radius 2 is 2.14 bits per heavy atom. The second-order valence-electron chi connectivity index (χ2n) is 4.33. The maximum Gasteiger partial charge on any atom is 0.274 e. The predicted molar refractivity (Wildman–Crippen MR) is 69.6 cm³/mol. The number of hydrogen-bond donors (Lipinski definition) is 0. The summed E-state index contributed by atoms with van der Waals surface area (Å²) >= 11 is 0. The van der Waals surface area contributed by atoms with Crippen LogP contribution in [0.15, 0.2) is 18.2 Å². The highest BCUT2D eigenvalue weighted by Gasteiger charge is 2.23. The smallest absolute Gasteiger partial charge is 0.274 e. The number of aromatic nitrogens is 2. The first-order valence-electron chi connectivity index (χ1n) is 5.81. The monoisotopic (exact) mass is 288 g/mol. The molecule has 0 aliphatic carbocycles. The second-order valence-corrected chi connectivity index (χ2v) is 4.33. The molecule has 1 aromatic heterocycles. The number of nitrogens with zero attached hydrogens (tertiary/aromatic N) is 4. The topological polar surface area (TPSA) is 102 Å². The molecule has 0 spiro atoms. The van der Waals surface area contributed by atoms with Crippen LogP contribution in [0.1, 0.15) is 28.7 Å². The zero-order valence-electron chi connectivity index (χ0n) is 11.1. The highest BCUT2D eigenvalue weighted by Crippen LogP contribution is 2.26. The fourth-order valence-corrected chi connectivity index (χ4v) is 1.96. The number of nitro groups is 1. The van der Waals surface area contributed by atoms with Crippen LogP contribution in [-0.2, 0) is 0 Å².